The van der Waals surface area contributed by atoms with Gasteiger partial charge in [0.25, 0.3) is 0 Å². The number of Topliss-reactive ketones (excluding diaryl/α,β-unsaturated/α-hetero) is 1. The molecule has 5 heteroatoms. The highest BCUT2D eigenvalue weighted by Gasteiger charge is 1.98. The van der Waals surface area contributed by atoms with E-state index in [4.69, 9.17) is 0 Å². The van der Waals surface area contributed by atoms with Crippen LogP contribution < -0.4 is 5.43 Å². The standard InChI is InChI=1S/C15H13N3O2/c1-11(20)14-6-7-15(16-9-14)18-17-8-12-2-4-13(10-19)5-3-12/h2-10H,1H3,(H,16,18)/b17-8+. The molecule has 0 aliphatic carbocycles. The maximum absolute atomic E-state index is 11.1. The predicted octanol–water partition coefficient (Wildman–Crippen LogP) is 2.54. The third-order valence-corrected chi connectivity index (χ3v) is 2.64. The van der Waals surface area contributed by atoms with Crippen LogP contribution in [-0.2, 0) is 0 Å². The first kappa shape index (κ1) is 13.6. The van der Waals surface area contributed by atoms with Crippen LogP contribution in [0, 0.1) is 0 Å². The third-order valence-electron chi connectivity index (χ3n) is 2.64. The summed E-state index contributed by atoms with van der Waals surface area (Å²) in [7, 11) is 0. The van der Waals surface area contributed by atoms with E-state index in [-0.39, 0.29) is 5.78 Å². The van der Waals surface area contributed by atoms with Gasteiger partial charge in [-0.1, -0.05) is 24.3 Å². The molecule has 0 bridgehead atoms. The van der Waals surface area contributed by atoms with E-state index < -0.39 is 0 Å². The minimum absolute atomic E-state index is 0.0252. The van der Waals surface area contributed by atoms with Gasteiger partial charge in [0.1, 0.15) is 12.1 Å². The maximum atomic E-state index is 11.1. The van der Waals surface area contributed by atoms with Gasteiger partial charge in [-0.3, -0.25) is 15.0 Å². The van der Waals surface area contributed by atoms with Crippen molar-refractivity contribution in [3.8, 4) is 0 Å². The Balaban J connectivity index is 1.98. The minimum Gasteiger partial charge on any atom is -0.298 e. The number of pyridine rings is 1. The van der Waals surface area contributed by atoms with Gasteiger partial charge >= 0.3 is 0 Å². The first-order chi connectivity index (χ1) is 9.69. The summed E-state index contributed by atoms with van der Waals surface area (Å²) in [6.45, 7) is 1.49. The Hall–Kier alpha value is -2.82. The molecule has 0 spiro atoms. The molecule has 2 rings (SSSR count). The molecule has 100 valence electrons. The number of hydrogen-bond donors (Lipinski definition) is 1. The number of aromatic nitrogens is 1. The van der Waals surface area contributed by atoms with Crippen molar-refractivity contribution in [3.63, 3.8) is 0 Å². The molecular weight excluding hydrogens is 254 g/mol. The summed E-state index contributed by atoms with van der Waals surface area (Å²) in [6.07, 6.45) is 3.91. The highest BCUT2D eigenvalue weighted by atomic mass is 16.1. The van der Waals surface area contributed by atoms with E-state index in [1.807, 2.05) is 0 Å². The average molecular weight is 267 g/mol. The quantitative estimate of drug-likeness (QED) is 0.391. The number of hydrogen-bond acceptors (Lipinski definition) is 5. The molecule has 0 radical (unpaired) electrons. The SMILES string of the molecule is CC(=O)c1ccc(N/N=C/c2ccc(C=O)cc2)nc1. The van der Waals surface area contributed by atoms with Gasteiger partial charge in [0, 0.05) is 17.3 Å². The summed E-state index contributed by atoms with van der Waals surface area (Å²) in [5.74, 6) is 0.526. The van der Waals surface area contributed by atoms with Crippen molar-refractivity contribution in [1.82, 2.24) is 4.98 Å². The van der Waals surface area contributed by atoms with Crippen molar-refractivity contribution >= 4 is 24.1 Å². The van der Waals surface area contributed by atoms with Crippen molar-refractivity contribution < 1.29 is 9.59 Å². The maximum Gasteiger partial charge on any atom is 0.161 e. The zero-order valence-electron chi connectivity index (χ0n) is 10.9. The van der Waals surface area contributed by atoms with Gasteiger partial charge in [0.15, 0.2) is 5.78 Å². The number of anilines is 1. The fourth-order valence-corrected chi connectivity index (χ4v) is 1.50. The van der Waals surface area contributed by atoms with E-state index in [2.05, 4.69) is 15.5 Å². The van der Waals surface area contributed by atoms with E-state index >= 15 is 0 Å². The lowest BCUT2D eigenvalue weighted by Crippen LogP contribution is -1.97. The third kappa shape index (κ3) is 3.58. The zero-order valence-corrected chi connectivity index (χ0v) is 10.9. The van der Waals surface area contributed by atoms with Crippen LogP contribution in [0.15, 0.2) is 47.7 Å². The topological polar surface area (TPSA) is 71.4 Å². The molecule has 5 nitrogen and oxygen atoms in total. The molecule has 20 heavy (non-hydrogen) atoms. The van der Waals surface area contributed by atoms with Gasteiger partial charge in [0.05, 0.1) is 6.21 Å². The summed E-state index contributed by atoms with van der Waals surface area (Å²) in [5, 5.41) is 4.03. The molecule has 0 amide bonds. The molecule has 0 saturated carbocycles. The zero-order chi connectivity index (χ0) is 14.4. The van der Waals surface area contributed by atoms with Crippen LogP contribution in [0.2, 0.25) is 0 Å². The van der Waals surface area contributed by atoms with Crippen molar-refractivity contribution in [1.29, 1.82) is 0 Å². The molecule has 0 aliphatic rings. The lowest BCUT2D eigenvalue weighted by Gasteiger charge is -2.00. The van der Waals surface area contributed by atoms with Crippen molar-refractivity contribution in [2.24, 2.45) is 5.10 Å². The smallest absolute Gasteiger partial charge is 0.161 e. The van der Waals surface area contributed by atoms with E-state index in [0.717, 1.165) is 11.8 Å². The van der Waals surface area contributed by atoms with Crippen molar-refractivity contribution in [2.45, 2.75) is 6.92 Å². The summed E-state index contributed by atoms with van der Waals surface area (Å²) < 4.78 is 0. The van der Waals surface area contributed by atoms with Gasteiger partial charge in [-0.2, -0.15) is 5.10 Å². The second-order valence-corrected chi connectivity index (χ2v) is 4.14. The molecular formula is C15H13N3O2. The van der Waals surface area contributed by atoms with E-state index in [9.17, 15) is 9.59 Å². The second-order valence-electron chi connectivity index (χ2n) is 4.14. The number of nitrogens with one attached hydrogen (secondary N) is 1. The number of ketones is 1. The van der Waals surface area contributed by atoms with Crippen molar-refractivity contribution in [3.05, 3.63) is 59.3 Å². The average Bonchev–Trinajstić information content (AvgIpc) is 2.48. The normalized spacial score (nSPS) is 10.4. The Morgan fingerprint density at radius 3 is 2.40 bits per heavy atom. The summed E-state index contributed by atoms with van der Waals surface area (Å²) in [4.78, 5) is 25.7. The fourth-order valence-electron chi connectivity index (χ4n) is 1.50. The number of rotatable bonds is 5. The number of aldehydes is 1. The Morgan fingerprint density at radius 1 is 1.15 bits per heavy atom. The second kappa shape index (κ2) is 6.38. The van der Waals surface area contributed by atoms with Crippen LogP contribution >= 0.6 is 0 Å². The lowest BCUT2D eigenvalue weighted by atomic mass is 10.2. The largest absolute Gasteiger partial charge is 0.298 e. The molecule has 0 fully saturated rings. The molecule has 0 atom stereocenters. The summed E-state index contributed by atoms with van der Waals surface area (Å²) in [6, 6.07) is 10.4. The number of carbonyl (C=O) groups excluding carboxylic acids is 2. The minimum atomic E-state index is -0.0252. The monoisotopic (exact) mass is 267 g/mol. The summed E-state index contributed by atoms with van der Waals surface area (Å²) >= 11 is 0. The molecule has 1 aromatic heterocycles. The van der Waals surface area contributed by atoms with Gasteiger partial charge < -0.3 is 0 Å². The molecule has 0 unspecified atom stereocenters. The van der Waals surface area contributed by atoms with E-state index in [0.29, 0.717) is 16.9 Å². The fraction of sp³-hybridized carbons (Fsp3) is 0.0667. The van der Waals surface area contributed by atoms with Crippen LogP contribution in [0.5, 0.6) is 0 Å². The van der Waals surface area contributed by atoms with Crippen LogP contribution in [0.25, 0.3) is 0 Å². The van der Waals surface area contributed by atoms with Crippen LogP contribution in [0.1, 0.15) is 33.2 Å². The Bertz CT molecular complexity index is 631. The molecule has 1 heterocycles. The number of nitrogens with zero attached hydrogens (tertiary/aromatic N) is 2. The van der Waals surface area contributed by atoms with Gasteiger partial charge in [-0.25, -0.2) is 4.98 Å². The first-order valence-electron chi connectivity index (χ1n) is 6.00. The van der Waals surface area contributed by atoms with Crippen molar-refractivity contribution in [2.75, 3.05) is 5.43 Å². The molecule has 0 aliphatic heterocycles. The van der Waals surface area contributed by atoms with Crippen LogP contribution in [0.4, 0.5) is 5.82 Å². The van der Waals surface area contributed by atoms with E-state index in [1.54, 1.807) is 42.6 Å². The van der Waals surface area contributed by atoms with Gasteiger partial charge in [0.2, 0.25) is 0 Å². The number of hydrazone groups is 1. The van der Waals surface area contributed by atoms with Gasteiger partial charge in [-0.05, 0) is 24.6 Å². The Morgan fingerprint density at radius 2 is 1.85 bits per heavy atom. The predicted molar refractivity (Wildman–Crippen MR) is 77.3 cm³/mol. The highest BCUT2D eigenvalue weighted by molar-refractivity contribution is 5.93. The lowest BCUT2D eigenvalue weighted by molar-refractivity contribution is 0.101. The Kier molecular flexibility index (Phi) is 4.34. The molecule has 1 aromatic carbocycles. The Labute approximate surface area is 116 Å². The summed E-state index contributed by atoms with van der Waals surface area (Å²) in [5.41, 5.74) is 4.81. The van der Waals surface area contributed by atoms with Crippen LogP contribution in [0.3, 0.4) is 0 Å². The highest BCUT2D eigenvalue weighted by Crippen LogP contribution is 2.06. The molecule has 0 saturated heterocycles. The van der Waals surface area contributed by atoms with E-state index in [1.165, 1.54) is 13.1 Å². The van der Waals surface area contributed by atoms with Crippen LogP contribution in [-0.4, -0.2) is 23.3 Å². The first-order valence-corrected chi connectivity index (χ1v) is 6.00. The number of carbonyl (C=O) groups is 2. The van der Waals surface area contributed by atoms with Gasteiger partial charge in [-0.15, -0.1) is 0 Å². The molecule has 1 N–H and O–H groups in total. The molecule has 2 aromatic rings. The number of benzene rings is 1.